The summed E-state index contributed by atoms with van der Waals surface area (Å²) in [6.07, 6.45) is 0. The molecular formula is C12H17NO4. The Morgan fingerprint density at radius 3 is 2.65 bits per heavy atom. The van der Waals surface area contributed by atoms with Crippen LogP contribution < -0.4 is 14.8 Å². The maximum Gasteiger partial charge on any atom is 0.320 e. The Kier molecular flexibility index (Phi) is 4.78. The second kappa shape index (κ2) is 6.10. The summed E-state index contributed by atoms with van der Waals surface area (Å²) in [5.41, 5.74) is 0.861. The summed E-state index contributed by atoms with van der Waals surface area (Å²) >= 11 is 0. The van der Waals surface area contributed by atoms with Gasteiger partial charge < -0.3 is 19.9 Å². The maximum absolute atomic E-state index is 10.7. The van der Waals surface area contributed by atoms with Gasteiger partial charge in [-0.05, 0) is 13.0 Å². The molecule has 5 nitrogen and oxygen atoms in total. The molecule has 0 fully saturated rings. The lowest BCUT2D eigenvalue weighted by Crippen LogP contribution is -2.33. The van der Waals surface area contributed by atoms with Gasteiger partial charge in [0.15, 0.2) is 11.5 Å². The van der Waals surface area contributed by atoms with Gasteiger partial charge >= 0.3 is 5.97 Å². The zero-order valence-electron chi connectivity index (χ0n) is 10.2. The van der Waals surface area contributed by atoms with Crippen LogP contribution in [0.25, 0.3) is 0 Å². The number of aliphatic carboxylic acids is 1. The summed E-state index contributed by atoms with van der Waals surface area (Å²) in [6, 6.07) is 4.89. The van der Waals surface area contributed by atoms with Gasteiger partial charge in [0, 0.05) is 12.1 Å². The van der Waals surface area contributed by atoms with Crippen LogP contribution in [0.1, 0.15) is 12.5 Å². The summed E-state index contributed by atoms with van der Waals surface area (Å²) in [7, 11) is 3.12. The molecular weight excluding hydrogens is 222 g/mol. The van der Waals surface area contributed by atoms with E-state index in [-0.39, 0.29) is 0 Å². The zero-order chi connectivity index (χ0) is 12.8. The number of hydrogen-bond donors (Lipinski definition) is 2. The van der Waals surface area contributed by atoms with Gasteiger partial charge in [0.1, 0.15) is 6.04 Å². The number of benzene rings is 1. The van der Waals surface area contributed by atoms with E-state index in [1.54, 1.807) is 27.2 Å². The van der Waals surface area contributed by atoms with Crippen molar-refractivity contribution in [2.24, 2.45) is 0 Å². The monoisotopic (exact) mass is 239 g/mol. The van der Waals surface area contributed by atoms with Crippen LogP contribution in [0.2, 0.25) is 0 Å². The molecule has 5 heteroatoms. The van der Waals surface area contributed by atoms with Crippen molar-refractivity contribution >= 4 is 5.97 Å². The van der Waals surface area contributed by atoms with Crippen LogP contribution in [0.3, 0.4) is 0 Å². The molecule has 1 rings (SSSR count). The molecule has 0 bridgehead atoms. The molecule has 94 valence electrons. The second-order valence-electron chi connectivity index (χ2n) is 3.59. The first kappa shape index (κ1) is 13.3. The first-order valence-corrected chi connectivity index (χ1v) is 5.26. The van der Waals surface area contributed by atoms with Gasteiger partial charge in [-0.1, -0.05) is 12.1 Å². The molecule has 1 aromatic carbocycles. The van der Waals surface area contributed by atoms with Crippen LogP contribution in [0.5, 0.6) is 11.5 Å². The highest BCUT2D eigenvalue weighted by atomic mass is 16.5. The van der Waals surface area contributed by atoms with Gasteiger partial charge in [0.2, 0.25) is 0 Å². The van der Waals surface area contributed by atoms with Crippen LogP contribution in [0.4, 0.5) is 0 Å². The number of methoxy groups -OCH3 is 2. The molecule has 2 N–H and O–H groups in total. The van der Waals surface area contributed by atoms with Gasteiger partial charge in [-0.15, -0.1) is 0 Å². The highest BCUT2D eigenvalue weighted by Gasteiger charge is 2.13. The van der Waals surface area contributed by atoms with Gasteiger partial charge in [-0.2, -0.15) is 0 Å². The van der Waals surface area contributed by atoms with Crippen molar-refractivity contribution in [2.45, 2.75) is 19.5 Å². The predicted molar refractivity (Wildman–Crippen MR) is 63.5 cm³/mol. The molecule has 0 aromatic heterocycles. The van der Waals surface area contributed by atoms with Crippen molar-refractivity contribution in [3.8, 4) is 11.5 Å². The van der Waals surface area contributed by atoms with E-state index >= 15 is 0 Å². The fourth-order valence-corrected chi connectivity index (χ4v) is 1.44. The molecule has 1 unspecified atom stereocenters. The molecule has 0 heterocycles. The van der Waals surface area contributed by atoms with Crippen molar-refractivity contribution < 1.29 is 19.4 Å². The topological polar surface area (TPSA) is 67.8 Å². The highest BCUT2D eigenvalue weighted by molar-refractivity contribution is 5.72. The van der Waals surface area contributed by atoms with Gasteiger partial charge in [0.25, 0.3) is 0 Å². The van der Waals surface area contributed by atoms with Crippen LogP contribution in [0, 0.1) is 0 Å². The van der Waals surface area contributed by atoms with Gasteiger partial charge in [-0.25, -0.2) is 0 Å². The minimum atomic E-state index is -0.883. The molecule has 0 aliphatic heterocycles. The number of hydrogen-bond acceptors (Lipinski definition) is 4. The molecule has 0 aliphatic carbocycles. The SMILES string of the molecule is COc1cccc(CNC(C)C(=O)O)c1OC. The van der Waals surface area contributed by atoms with E-state index in [2.05, 4.69) is 5.32 Å². The fourth-order valence-electron chi connectivity index (χ4n) is 1.44. The molecule has 0 amide bonds. The number of carboxylic acid groups (broad SMARTS) is 1. The second-order valence-corrected chi connectivity index (χ2v) is 3.59. The Morgan fingerprint density at radius 1 is 1.41 bits per heavy atom. The van der Waals surface area contributed by atoms with Crippen molar-refractivity contribution in [1.29, 1.82) is 0 Å². The summed E-state index contributed by atoms with van der Waals surface area (Å²) in [4.78, 5) is 10.7. The Hall–Kier alpha value is -1.75. The number of nitrogens with one attached hydrogen (secondary N) is 1. The minimum absolute atomic E-state index is 0.411. The third-order valence-corrected chi connectivity index (χ3v) is 2.45. The lowest BCUT2D eigenvalue weighted by molar-refractivity contribution is -0.139. The molecule has 0 aliphatic rings. The molecule has 0 saturated carbocycles. The van der Waals surface area contributed by atoms with Crippen LogP contribution in [-0.2, 0) is 11.3 Å². The van der Waals surface area contributed by atoms with Crippen molar-refractivity contribution in [2.75, 3.05) is 14.2 Å². The summed E-state index contributed by atoms with van der Waals surface area (Å²) < 4.78 is 10.4. The van der Waals surface area contributed by atoms with E-state index < -0.39 is 12.0 Å². The average Bonchev–Trinajstić information content (AvgIpc) is 2.34. The smallest absolute Gasteiger partial charge is 0.320 e. The molecule has 0 saturated heterocycles. The summed E-state index contributed by atoms with van der Waals surface area (Å²) in [5, 5.41) is 11.7. The first-order chi connectivity index (χ1) is 8.10. The van der Waals surface area contributed by atoms with E-state index in [1.807, 2.05) is 12.1 Å². The van der Waals surface area contributed by atoms with Crippen molar-refractivity contribution in [3.05, 3.63) is 23.8 Å². The lowest BCUT2D eigenvalue weighted by Gasteiger charge is -2.14. The fraction of sp³-hybridized carbons (Fsp3) is 0.417. The van der Waals surface area contributed by atoms with E-state index in [4.69, 9.17) is 14.6 Å². The largest absolute Gasteiger partial charge is 0.493 e. The minimum Gasteiger partial charge on any atom is -0.493 e. The van der Waals surface area contributed by atoms with Crippen LogP contribution in [-0.4, -0.2) is 31.3 Å². The number of carbonyl (C=O) groups is 1. The third-order valence-electron chi connectivity index (χ3n) is 2.45. The zero-order valence-corrected chi connectivity index (χ0v) is 10.2. The normalized spacial score (nSPS) is 11.9. The Bertz CT molecular complexity index is 392. The van der Waals surface area contributed by atoms with E-state index in [0.29, 0.717) is 18.0 Å². The highest BCUT2D eigenvalue weighted by Crippen LogP contribution is 2.30. The number of ether oxygens (including phenoxy) is 2. The summed E-state index contributed by atoms with van der Waals surface area (Å²) in [6.45, 7) is 2.00. The number of carboxylic acids is 1. The lowest BCUT2D eigenvalue weighted by atomic mass is 10.1. The van der Waals surface area contributed by atoms with Gasteiger partial charge in [-0.3, -0.25) is 4.79 Å². The number of rotatable bonds is 6. The van der Waals surface area contributed by atoms with E-state index in [1.165, 1.54) is 0 Å². The quantitative estimate of drug-likeness (QED) is 0.782. The van der Waals surface area contributed by atoms with Crippen molar-refractivity contribution in [1.82, 2.24) is 5.32 Å². The average molecular weight is 239 g/mol. The Balaban J connectivity index is 2.80. The van der Waals surface area contributed by atoms with Crippen LogP contribution >= 0.6 is 0 Å². The van der Waals surface area contributed by atoms with Crippen molar-refractivity contribution in [3.63, 3.8) is 0 Å². The molecule has 0 spiro atoms. The third kappa shape index (κ3) is 3.35. The Morgan fingerprint density at radius 2 is 2.12 bits per heavy atom. The van der Waals surface area contributed by atoms with Gasteiger partial charge in [0.05, 0.1) is 14.2 Å². The Labute approximate surface area is 100 Å². The molecule has 0 radical (unpaired) electrons. The number of para-hydroxylation sites is 1. The first-order valence-electron chi connectivity index (χ1n) is 5.26. The molecule has 17 heavy (non-hydrogen) atoms. The maximum atomic E-state index is 10.7. The van der Waals surface area contributed by atoms with E-state index in [0.717, 1.165) is 5.56 Å². The summed E-state index contributed by atoms with van der Waals surface area (Å²) in [5.74, 6) is 0.377. The van der Waals surface area contributed by atoms with Crippen LogP contribution in [0.15, 0.2) is 18.2 Å². The van der Waals surface area contributed by atoms with E-state index in [9.17, 15) is 4.79 Å². The molecule has 1 aromatic rings. The molecule has 1 atom stereocenters. The standard InChI is InChI=1S/C12H17NO4/c1-8(12(14)15)13-7-9-5-4-6-10(16-2)11(9)17-3/h4-6,8,13H,7H2,1-3H3,(H,14,15). The predicted octanol–water partition coefficient (Wildman–Crippen LogP) is 1.27.